The lowest BCUT2D eigenvalue weighted by atomic mass is 11.0. The van der Waals surface area contributed by atoms with Crippen LogP contribution >= 0.6 is 44.2 Å². The molecule has 0 aliphatic heterocycles. The Balaban J connectivity index is 5.06. The minimum Gasteiger partial charge on any atom is -0.364 e. The third kappa shape index (κ3) is 12.2. The van der Waals surface area contributed by atoms with Crippen LogP contribution in [0.2, 0.25) is 0 Å². The Kier molecular flexibility index (Phi) is 12.0. The van der Waals surface area contributed by atoms with E-state index in [0.717, 1.165) is 0 Å². The van der Waals surface area contributed by atoms with Crippen LogP contribution in [0.15, 0.2) is 0 Å². The second-order valence-corrected chi connectivity index (χ2v) is 7.53. The zero-order valence-corrected chi connectivity index (χ0v) is 18.6. The normalized spacial score (nSPS) is 9.48. The van der Waals surface area contributed by atoms with Crippen molar-refractivity contribution in [3.8, 4) is 0 Å². The van der Waals surface area contributed by atoms with Gasteiger partial charge in [-0.3, -0.25) is 31.5 Å². The molecular formula is C9H21N12O4PS3. The number of thiocarbonyl (C=S) groups is 3. The molecule has 0 spiro atoms. The summed E-state index contributed by atoms with van der Waals surface area (Å²) >= 11 is 14.2. The largest absolute Gasteiger partial charge is 0.364 e. The minimum absolute atomic E-state index is 0.0425. The second kappa shape index (κ2) is 13.3. The number of carbonyl (C=O) groups excluding carboxylic acids is 3. The van der Waals surface area contributed by atoms with E-state index >= 15 is 0 Å². The van der Waals surface area contributed by atoms with Crippen molar-refractivity contribution in [1.82, 2.24) is 63.8 Å². The Bertz CT molecular complexity index is 616. The fourth-order valence-electron chi connectivity index (χ4n) is 1.12. The van der Waals surface area contributed by atoms with Gasteiger partial charge in [0.25, 0.3) is 0 Å². The van der Waals surface area contributed by atoms with E-state index in [1.54, 1.807) is 0 Å². The van der Waals surface area contributed by atoms with E-state index in [1.165, 1.54) is 21.1 Å². The van der Waals surface area contributed by atoms with Gasteiger partial charge in [-0.25, -0.2) is 35.2 Å². The van der Waals surface area contributed by atoms with Crippen molar-refractivity contribution in [2.24, 2.45) is 0 Å². The maximum absolute atomic E-state index is 12.8. The van der Waals surface area contributed by atoms with E-state index in [0.29, 0.717) is 0 Å². The molecule has 0 saturated carbocycles. The van der Waals surface area contributed by atoms with E-state index in [1.807, 2.05) is 31.5 Å². The molecule has 0 bridgehead atoms. The summed E-state index contributed by atoms with van der Waals surface area (Å²) in [6.45, 7) is 0. The van der Waals surface area contributed by atoms with Crippen molar-refractivity contribution in [2.75, 3.05) is 21.1 Å². The number of hydrazine groups is 3. The summed E-state index contributed by atoms with van der Waals surface area (Å²) in [6.07, 6.45) is 0. The Hall–Kier alpha value is -2.89. The number of rotatable bonds is 3. The van der Waals surface area contributed by atoms with E-state index < -0.39 is 25.7 Å². The molecule has 0 aromatic rings. The number of hydrogen-bond donors (Lipinski definition) is 12. The maximum Gasteiger partial charge on any atom is 0.363 e. The zero-order chi connectivity index (χ0) is 22.4. The van der Waals surface area contributed by atoms with Crippen LogP contribution < -0.4 is 63.8 Å². The molecular weight excluding hydrogens is 467 g/mol. The summed E-state index contributed by atoms with van der Waals surface area (Å²) in [5.41, 5.74) is 12.9. The van der Waals surface area contributed by atoms with Crippen LogP contribution in [0.25, 0.3) is 0 Å². The number of nitrogens with one attached hydrogen (secondary N) is 12. The molecule has 0 atom stereocenters. The smallest absolute Gasteiger partial charge is 0.363 e. The Morgan fingerprint density at radius 1 is 0.552 bits per heavy atom. The first kappa shape index (κ1) is 26.1. The van der Waals surface area contributed by atoms with Crippen LogP contribution in [-0.2, 0) is 4.57 Å². The van der Waals surface area contributed by atoms with E-state index in [2.05, 4.69) is 32.2 Å². The van der Waals surface area contributed by atoms with Gasteiger partial charge in [0.2, 0.25) is 0 Å². The quantitative estimate of drug-likeness (QED) is 0.109. The van der Waals surface area contributed by atoms with Gasteiger partial charge in [-0.2, -0.15) is 0 Å². The molecule has 0 aliphatic rings. The van der Waals surface area contributed by atoms with Crippen LogP contribution in [0.3, 0.4) is 0 Å². The number of amides is 6. The molecule has 0 radical (unpaired) electrons. The van der Waals surface area contributed by atoms with Crippen molar-refractivity contribution in [2.45, 2.75) is 0 Å². The Labute approximate surface area is 181 Å². The summed E-state index contributed by atoms with van der Waals surface area (Å²) < 4.78 is 12.8. The molecule has 20 heteroatoms. The lowest BCUT2D eigenvalue weighted by Crippen LogP contribution is -2.56. The van der Waals surface area contributed by atoms with Crippen molar-refractivity contribution >= 4 is 77.7 Å². The van der Waals surface area contributed by atoms with Gasteiger partial charge in [-0.15, -0.1) is 0 Å². The van der Waals surface area contributed by atoms with Gasteiger partial charge in [0.1, 0.15) is 0 Å². The first-order valence-electron chi connectivity index (χ1n) is 7.33. The summed E-state index contributed by atoms with van der Waals surface area (Å²) in [5.74, 6) is 0. The number of carbonyl (C=O) groups is 3. The molecule has 0 unspecified atom stereocenters. The summed E-state index contributed by atoms with van der Waals surface area (Å²) in [5, 5.41) is 13.3. The predicted molar refractivity (Wildman–Crippen MR) is 117 cm³/mol. The monoisotopic (exact) mass is 488 g/mol. The molecule has 16 nitrogen and oxygen atoms in total. The predicted octanol–water partition coefficient (Wildman–Crippen LogP) is -2.98. The second-order valence-electron chi connectivity index (χ2n) is 4.42. The first-order chi connectivity index (χ1) is 13.5. The SMILES string of the molecule is CNC(=S)NNC(=O)NP(=O)(NC(=O)NNC(=S)NC)NC(=O)NNC(=S)NC. The third-order valence-corrected chi connectivity index (χ3v) is 4.80. The van der Waals surface area contributed by atoms with Gasteiger partial charge in [-0.05, 0) is 36.7 Å². The standard InChI is InChI=1S/C9H21N12O4PS3/c1-10-7(27)16-13-4(22)19-26(25,20-5(23)14-17-8(28)11-2)21-6(24)15-18-9(29)12-3/h1-3H3,(H2,10,16,27)(H2,11,17,28)(H2,12,18,29)(H6,13,14,15,19,20,21,22,23,24,25). The fraction of sp³-hybridized carbons (Fsp3) is 0.333. The minimum atomic E-state index is -4.39. The van der Waals surface area contributed by atoms with Crippen LogP contribution in [-0.4, -0.2) is 54.6 Å². The Morgan fingerprint density at radius 3 is 1.00 bits per heavy atom. The highest BCUT2D eigenvalue weighted by Crippen LogP contribution is 2.29. The molecule has 12 N–H and O–H groups in total. The maximum atomic E-state index is 12.8. The molecule has 0 aromatic heterocycles. The molecule has 6 amide bonds. The van der Waals surface area contributed by atoms with Gasteiger partial charge in [0.05, 0.1) is 0 Å². The van der Waals surface area contributed by atoms with Crippen LogP contribution in [0.1, 0.15) is 0 Å². The summed E-state index contributed by atoms with van der Waals surface area (Å²) in [4.78, 5) is 35.7. The number of urea groups is 3. The highest BCUT2D eigenvalue weighted by atomic mass is 32.1. The molecule has 164 valence electrons. The van der Waals surface area contributed by atoms with Gasteiger partial charge in [0.15, 0.2) is 15.3 Å². The van der Waals surface area contributed by atoms with Gasteiger partial charge >= 0.3 is 25.7 Å². The Morgan fingerprint density at radius 2 is 0.793 bits per heavy atom. The molecule has 0 saturated heterocycles. The molecule has 0 rings (SSSR count). The van der Waals surface area contributed by atoms with Crippen molar-refractivity contribution in [1.29, 1.82) is 0 Å². The fourth-order valence-corrected chi connectivity index (χ4v) is 2.47. The lowest BCUT2D eigenvalue weighted by Gasteiger charge is -2.22. The van der Waals surface area contributed by atoms with Gasteiger partial charge < -0.3 is 16.0 Å². The van der Waals surface area contributed by atoms with Crippen molar-refractivity contribution in [3.05, 3.63) is 0 Å². The highest BCUT2D eigenvalue weighted by Gasteiger charge is 2.30. The highest BCUT2D eigenvalue weighted by molar-refractivity contribution is 7.80. The summed E-state index contributed by atoms with van der Waals surface area (Å²) in [7, 11) is 0.0765. The molecule has 29 heavy (non-hydrogen) atoms. The molecule has 0 aliphatic carbocycles. The van der Waals surface area contributed by atoms with Crippen LogP contribution in [0.5, 0.6) is 0 Å². The van der Waals surface area contributed by atoms with Crippen molar-refractivity contribution < 1.29 is 18.9 Å². The van der Waals surface area contributed by atoms with Gasteiger partial charge in [-0.1, -0.05) is 0 Å². The van der Waals surface area contributed by atoms with Crippen LogP contribution in [0, 0.1) is 0 Å². The van der Waals surface area contributed by atoms with E-state index in [4.69, 9.17) is 36.7 Å². The number of hydrogen-bond acceptors (Lipinski definition) is 7. The van der Waals surface area contributed by atoms with E-state index in [9.17, 15) is 18.9 Å². The summed E-state index contributed by atoms with van der Waals surface area (Å²) in [6, 6.07) is -3.28. The zero-order valence-electron chi connectivity index (χ0n) is 15.3. The van der Waals surface area contributed by atoms with Gasteiger partial charge in [0, 0.05) is 21.1 Å². The van der Waals surface area contributed by atoms with Crippen LogP contribution in [0.4, 0.5) is 14.4 Å². The molecule has 0 heterocycles. The van der Waals surface area contributed by atoms with Crippen molar-refractivity contribution in [3.63, 3.8) is 0 Å². The average Bonchev–Trinajstić information content (AvgIpc) is 2.67. The lowest BCUT2D eigenvalue weighted by molar-refractivity contribution is 0.240. The topological polar surface area (TPSA) is 213 Å². The average molecular weight is 489 g/mol. The third-order valence-electron chi connectivity index (χ3n) is 2.33. The molecule has 0 aromatic carbocycles. The first-order valence-corrected chi connectivity index (χ1v) is 10.3. The van der Waals surface area contributed by atoms with E-state index in [-0.39, 0.29) is 15.3 Å². The molecule has 0 fully saturated rings.